The van der Waals surface area contributed by atoms with Gasteiger partial charge >= 0.3 is 0 Å². The lowest BCUT2D eigenvalue weighted by Gasteiger charge is -2.33. The lowest BCUT2D eigenvalue weighted by Crippen LogP contribution is -2.42. The second kappa shape index (κ2) is 4.07. The lowest BCUT2D eigenvalue weighted by atomic mass is 9.92. The van der Waals surface area contributed by atoms with Crippen LogP contribution in [0, 0.1) is 5.92 Å². The number of piperidine rings is 1. The molecule has 0 radical (unpaired) electrons. The maximum Gasteiger partial charge on any atom is 0.00509 e. The van der Waals surface area contributed by atoms with Crippen molar-refractivity contribution < 1.29 is 0 Å². The highest BCUT2D eigenvalue weighted by atomic mass is 15.1. The van der Waals surface area contributed by atoms with Crippen LogP contribution in [0.2, 0.25) is 0 Å². The van der Waals surface area contributed by atoms with Crippen LogP contribution >= 0.6 is 0 Å². The van der Waals surface area contributed by atoms with Crippen LogP contribution in [0.5, 0.6) is 0 Å². The monoisotopic (exact) mass is 156 g/mol. The third kappa shape index (κ3) is 2.46. The zero-order valence-electron chi connectivity index (χ0n) is 7.71. The molecule has 0 aromatic heterocycles. The van der Waals surface area contributed by atoms with Crippen molar-refractivity contribution in [2.75, 3.05) is 19.6 Å². The maximum atomic E-state index is 5.86. The van der Waals surface area contributed by atoms with Crippen LogP contribution in [0.3, 0.4) is 0 Å². The molecule has 2 atom stereocenters. The smallest absolute Gasteiger partial charge is 0.00509 e. The van der Waals surface area contributed by atoms with Gasteiger partial charge in [0.25, 0.3) is 0 Å². The Bertz CT molecular complexity index is 112. The maximum absolute atomic E-state index is 5.86. The summed E-state index contributed by atoms with van der Waals surface area (Å²) >= 11 is 0. The Morgan fingerprint density at radius 2 is 2.36 bits per heavy atom. The van der Waals surface area contributed by atoms with Gasteiger partial charge in [0.15, 0.2) is 0 Å². The second-order valence-corrected chi connectivity index (χ2v) is 3.65. The summed E-state index contributed by atoms with van der Waals surface area (Å²) in [5.74, 6) is 0.740. The first-order valence-electron chi connectivity index (χ1n) is 4.72. The van der Waals surface area contributed by atoms with Gasteiger partial charge in [-0.25, -0.2) is 0 Å². The molecule has 2 nitrogen and oxygen atoms in total. The molecule has 1 saturated heterocycles. The predicted octanol–water partition coefficient (Wildman–Crippen LogP) is 1.07. The summed E-state index contributed by atoms with van der Waals surface area (Å²) < 4.78 is 0. The van der Waals surface area contributed by atoms with Gasteiger partial charge in [0.05, 0.1) is 0 Å². The molecule has 1 rings (SSSR count). The Morgan fingerprint density at radius 1 is 1.64 bits per heavy atom. The van der Waals surface area contributed by atoms with Gasteiger partial charge in [-0.1, -0.05) is 6.92 Å². The van der Waals surface area contributed by atoms with E-state index >= 15 is 0 Å². The van der Waals surface area contributed by atoms with E-state index < -0.39 is 0 Å². The van der Waals surface area contributed by atoms with Crippen LogP contribution in [0.25, 0.3) is 0 Å². The van der Waals surface area contributed by atoms with Gasteiger partial charge in [0, 0.05) is 12.6 Å². The van der Waals surface area contributed by atoms with Gasteiger partial charge in [0.1, 0.15) is 0 Å². The van der Waals surface area contributed by atoms with Crippen LogP contribution in [0.15, 0.2) is 0 Å². The number of hydrogen-bond donors (Lipinski definition) is 1. The minimum Gasteiger partial charge on any atom is -0.328 e. The molecule has 0 saturated carbocycles. The van der Waals surface area contributed by atoms with Crippen molar-refractivity contribution in [1.82, 2.24) is 4.90 Å². The van der Waals surface area contributed by atoms with E-state index in [1.165, 1.54) is 32.5 Å². The quantitative estimate of drug-likeness (QED) is 0.648. The minimum absolute atomic E-state index is 0.379. The summed E-state index contributed by atoms with van der Waals surface area (Å²) in [4.78, 5) is 2.50. The van der Waals surface area contributed by atoms with Crippen molar-refractivity contribution in [3.8, 4) is 0 Å². The van der Waals surface area contributed by atoms with Gasteiger partial charge < -0.3 is 10.6 Å². The van der Waals surface area contributed by atoms with E-state index in [0.717, 1.165) is 5.92 Å². The number of nitrogens with two attached hydrogens (primary N) is 1. The highest BCUT2D eigenvalue weighted by molar-refractivity contribution is 4.77. The molecule has 0 aliphatic carbocycles. The van der Waals surface area contributed by atoms with Gasteiger partial charge in [0.2, 0.25) is 0 Å². The van der Waals surface area contributed by atoms with E-state index in [0.29, 0.717) is 6.04 Å². The molecule has 2 heteroatoms. The summed E-state index contributed by atoms with van der Waals surface area (Å²) in [7, 11) is 0. The molecular weight excluding hydrogens is 136 g/mol. The molecular formula is C9H20N2. The fourth-order valence-corrected chi connectivity index (χ4v) is 1.81. The largest absolute Gasteiger partial charge is 0.328 e. The van der Waals surface area contributed by atoms with Gasteiger partial charge in [-0.2, -0.15) is 0 Å². The Hall–Kier alpha value is -0.0800. The SMILES string of the molecule is CCN1CCC[C@H](C(C)N)C1. The Labute approximate surface area is 69.8 Å². The third-order valence-electron chi connectivity index (χ3n) is 2.73. The summed E-state index contributed by atoms with van der Waals surface area (Å²) in [5.41, 5.74) is 5.86. The fraction of sp³-hybridized carbons (Fsp3) is 1.00. The zero-order valence-corrected chi connectivity index (χ0v) is 7.71. The number of nitrogens with zero attached hydrogens (tertiary/aromatic N) is 1. The number of rotatable bonds is 2. The Kier molecular flexibility index (Phi) is 3.34. The van der Waals surface area contributed by atoms with Crippen molar-refractivity contribution in [3.63, 3.8) is 0 Å². The van der Waals surface area contributed by atoms with Crippen molar-refractivity contribution in [3.05, 3.63) is 0 Å². The first-order chi connectivity index (χ1) is 5.24. The molecule has 1 aliphatic heterocycles. The van der Waals surface area contributed by atoms with Crippen molar-refractivity contribution in [1.29, 1.82) is 0 Å². The number of hydrogen-bond acceptors (Lipinski definition) is 2. The fourth-order valence-electron chi connectivity index (χ4n) is 1.81. The molecule has 0 bridgehead atoms. The van der Waals surface area contributed by atoms with Gasteiger partial charge in [-0.3, -0.25) is 0 Å². The molecule has 1 fully saturated rings. The first kappa shape index (κ1) is 9.01. The van der Waals surface area contributed by atoms with Crippen LogP contribution in [-0.2, 0) is 0 Å². The van der Waals surface area contributed by atoms with Crippen molar-refractivity contribution in [2.24, 2.45) is 11.7 Å². The van der Waals surface area contributed by atoms with Crippen LogP contribution in [0.1, 0.15) is 26.7 Å². The molecule has 1 aliphatic rings. The summed E-state index contributed by atoms with van der Waals surface area (Å²) in [6.07, 6.45) is 2.66. The molecule has 0 spiro atoms. The summed E-state index contributed by atoms with van der Waals surface area (Å²) in [6.45, 7) is 8.03. The molecule has 0 aromatic carbocycles. The van der Waals surface area contributed by atoms with Crippen LogP contribution in [-0.4, -0.2) is 30.6 Å². The van der Waals surface area contributed by atoms with E-state index in [1.54, 1.807) is 0 Å². The molecule has 11 heavy (non-hydrogen) atoms. The highest BCUT2D eigenvalue weighted by Crippen LogP contribution is 2.17. The third-order valence-corrected chi connectivity index (χ3v) is 2.73. The van der Waals surface area contributed by atoms with E-state index in [1.807, 2.05) is 0 Å². The number of likely N-dealkylation sites (tertiary alicyclic amines) is 1. The first-order valence-corrected chi connectivity index (χ1v) is 4.72. The average Bonchev–Trinajstić information content (AvgIpc) is 2.05. The Morgan fingerprint density at radius 3 is 2.91 bits per heavy atom. The van der Waals surface area contributed by atoms with E-state index in [9.17, 15) is 0 Å². The van der Waals surface area contributed by atoms with E-state index in [2.05, 4.69) is 18.7 Å². The van der Waals surface area contributed by atoms with Gasteiger partial charge in [-0.05, 0) is 38.8 Å². The molecule has 2 N–H and O–H groups in total. The predicted molar refractivity (Wildman–Crippen MR) is 48.5 cm³/mol. The molecule has 66 valence electrons. The zero-order chi connectivity index (χ0) is 8.27. The summed E-state index contributed by atoms with van der Waals surface area (Å²) in [5, 5.41) is 0. The average molecular weight is 156 g/mol. The van der Waals surface area contributed by atoms with E-state index in [-0.39, 0.29) is 0 Å². The minimum atomic E-state index is 0.379. The Balaban J connectivity index is 2.33. The standard InChI is InChI=1S/C9H20N2/c1-3-11-6-4-5-9(7-11)8(2)10/h8-9H,3-7,10H2,1-2H3/t8?,9-/m0/s1. The lowest BCUT2D eigenvalue weighted by molar-refractivity contribution is 0.168. The van der Waals surface area contributed by atoms with E-state index in [4.69, 9.17) is 5.73 Å². The van der Waals surface area contributed by atoms with Crippen molar-refractivity contribution in [2.45, 2.75) is 32.7 Å². The summed E-state index contributed by atoms with van der Waals surface area (Å²) in [6, 6.07) is 0.379. The topological polar surface area (TPSA) is 29.3 Å². The highest BCUT2D eigenvalue weighted by Gasteiger charge is 2.20. The second-order valence-electron chi connectivity index (χ2n) is 3.65. The molecule has 1 unspecified atom stereocenters. The molecule has 1 heterocycles. The van der Waals surface area contributed by atoms with Crippen molar-refractivity contribution >= 4 is 0 Å². The molecule has 0 aromatic rings. The molecule has 0 amide bonds. The van der Waals surface area contributed by atoms with Crippen LogP contribution in [0.4, 0.5) is 0 Å². The van der Waals surface area contributed by atoms with Gasteiger partial charge in [-0.15, -0.1) is 0 Å². The normalized spacial score (nSPS) is 30.3. The van der Waals surface area contributed by atoms with Crippen LogP contribution < -0.4 is 5.73 Å².